The summed E-state index contributed by atoms with van der Waals surface area (Å²) < 4.78 is 25.3. The lowest BCUT2D eigenvalue weighted by Crippen LogP contribution is -2.37. The molecule has 0 N–H and O–H groups in total. The molecule has 2 saturated heterocycles. The normalized spacial score (nSPS) is 24.5. The Labute approximate surface area is 182 Å². The summed E-state index contributed by atoms with van der Waals surface area (Å²) in [5.74, 6) is 0.0673. The maximum Gasteiger partial charge on any atom is 0.248 e. The van der Waals surface area contributed by atoms with Crippen molar-refractivity contribution >= 4 is 61.0 Å². The third kappa shape index (κ3) is 4.44. The second kappa shape index (κ2) is 8.16. The Balaban J connectivity index is 1.58. The van der Waals surface area contributed by atoms with Crippen LogP contribution in [0.4, 0.5) is 5.69 Å². The van der Waals surface area contributed by atoms with Crippen LogP contribution in [0.15, 0.2) is 59.6 Å². The van der Waals surface area contributed by atoms with E-state index in [4.69, 9.17) is 0 Å². The van der Waals surface area contributed by atoms with Gasteiger partial charge in [0.15, 0.2) is 15.0 Å². The van der Waals surface area contributed by atoms with Crippen molar-refractivity contribution in [3.63, 3.8) is 0 Å². The van der Waals surface area contributed by atoms with Crippen molar-refractivity contribution in [2.75, 3.05) is 16.4 Å². The third-order valence-electron chi connectivity index (χ3n) is 4.84. The monoisotopic (exact) mass is 526 g/mol. The molecule has 2 aliphatic heterocycles. The molecule has 0 aromatic heterocycles. The molecule has 0 aliphatic carbocycles. The molecule has 28 heavy (non-hydrogen) atoms. The van der Waals surface area contributed by atoms with E-state index >= 15 is 0 Å². The molecule has 0 spiro atoms. The number of anilines is 1. The van der Waals surface area contributed by atoms with Crippen LogP contribution in [-0.2, 0) is 21.1 Å². The number of amidine groups is 1. The van der Waals surface area contributed by atoms with Gasteiger partial charge in [0.25, 0.3) is 0 Å². The van der Waals surface area contributed by atoms with Crippen molar-refractivity contribution in [1.29, 1.82) is 0 Å². The second-order valence-corrected chi connectivity index (χ2v) is 11.5. The molecule has 4 rings (SSSR count). The lowest BCUT2D eigenvalue weighted by atomic mass is 10.1. The molecule has 0 unspecified atom stereocenters. The molecule has 0 bridgehead atoms. The van der Waals surface area contributed by atoms with Gasteiger partial charge < -0.3 is 4.90 Å². The molecular formula is C20H19IN2O3S2. The van der Waals surface area contributed by atoms with Crippen molar-refractivity contribution < 1.29 is 13.2 Å². The van der Waals surface area contributed by atoms with E-state index in [0.717, 1.165) is 14.8 Å². The van der Waals surface area contributed by atoms with E-state index < -0.39 is 9.84 Å². The number of halogens is 1. The molecular weight excluding hydrogens is 507 g/mol. The largest absolute Gasteiger partial charge is 0.316 e. The van der Waals surface area contributed by atoms with Crippen LogP contribution in [-0.4, -0.2) is 42.3 Å². The number of aliphatic imine (C=N–C) groups is 1. The summed E-state index contributed by atoms with van der Waals surface area (Å²) in [6.45, 7) is 0. The van der Waals surface area contributed by atoms with Crippen molar-refractivity contribution in [1.82, 2.24) is 0 Å². The minimum atomic E-state index is -3.06. The van der Waals surface area contributed by atoms with Crippen LogP contribution < -0.4 is 4.90 Å². The van der Waals surface area contributed by atoms with Crippen LogP contribution in [0.5, 0.6) is 0 Å². The van der Waals surface area contributed by atoms with E-state index in [9.17, 15) is 13.2 Å². The number of carbonyl (C=O) groups is 1. The van der Waals surface area contributed by atoms with Crippen molar-refractivity contribution in [2.45, 2.75) is 24.1 Å². The van der Waals surface area contributed by atoms with E-state index in [1.165, 1.54) is 11.8 Å². The SMILES string of the molecule is O=C(CCc1ccccc1)N=C1S[C@@H]2CS(=O)(=O)C[C@H]2N1c1cccc(I)c1. The van der Waals surface area contributed by atoms with Crippen LogP contribution in [0.1, 0.15) is 12.0 Å². The van der Waals surface area contributed by atoms with Crippen molar-refractivity contribution in [2.24, 2.45) is 4.99 Å². The van der Waals surface area contributed by atoms with Crippen LogP contribution in [0.2, 0.25) is 0 Å². The zero-order valence-electron chi connectivity index (χ0n) is 15.0. The molecule has 2 aromatic rings. The number of benzene rings is 2. The number of hydrogen-bond acceptors (Lipinski definition) is 4. The number of fused-ring (bicyclic) bond motifs is 1. The summed E-state index contributed by atoms with van der Waals surface area (Å²) >= 11 is 3.65. The molecule has 8 heteroatoms. The van der Waals surface area contributed by atoms with Gasteiger partial charge in [-0.1, -0.05) is 48.2 Å². The first-order valence-electron chi connectivity index (χ1n) is 8.99. The van der Waals surface area contributed by atoms with Gasteiger partial charge in [-0.15, -0.1) is 0 Å². The highest BCUT2D eigenvalue weighted by molar-refractivity contribution is 14.1. The van der Waals surface area contributed by atoms with Crippen LogP contribution in [0.3, 0.4) is 0 Å². The summed E-state index contributed by atoms with van der Waals surface area (Å²) in [5, 5.41) is 0.536. The van der Waals surface area contributed by atoms with Gasteiger partial charge >= 0.3 is 0 Å². The number of hydrogen-bond donors (Lipinski definition) is 0. The minimum Gasteiger partial charge on any atom is -0.316 e. The highest BCUT2D eigenvalue weighted by Gasteiger charge is 2.49. The van der Waals surface area contributed by atoms with E-state index in [1.54, 1.807) is 0 Å². The van der Waals surface area contributed by atoms with Gasteiger partial charge in [0, 0.05) is 20.9 Å². The number of sulfone groups is 1. The third-order valence-corrected chi connectivity index (χ3v) is 8.72. The molecule has 2 fully saturated rings. The Morgan fingerprint density at radius 3 is 2.68 bits per heavy atom. The van der Waals surface area contributed by atoms with E-state index in [1.807, 2.05) is 59.5 Å². The average molecular weight is 526 g/mol. The first-order chi connectivity index (χ1) is 13.4. The van der Waals surface area contributed by atoms with Crippen molar-refractivity contribution in [3.05, 3.63) is 63.7 Å². The Bertz CT molecular complexity index is 1020. The molecule has 2 aromatic carbocycles. The van der Waals surface area contributed by atoms with Gasteiger partial charge in [-0.3, -0.25) is 4.79 Å². The predicted molar refractivity (Wildman–Crippen MR) is 123 cm³/mol. The quantitative estimate of drug-likeness (QED) is 0.571. The fourth-order valence-electron chi connectivity index (χ4n) is 3.55. The van der Waals surface area contributed by atoms with Gasteiger partial charge in [0.05, 0.1) is 17.5 Å². The first kappa shape index (κ1) is 19.9. The number of nitrogens with zero attached hydrogens (tertiary/aromatic N) is 2. The Hall–Kier alpha value is -1.39. The first-order valence-corrected chi connectivity index (χ1v) is 12.8. The Kier molecular flexibility index (Phi) is 5.80. The summed E-state index contributed by atoms with van der Waals surface area (Å²) in [7, 11) is -3.06. The van der Waals surface area contributed by atoms with E-state index in [-0.39, 0.29) is 28.7 Å². The number of aryl methyl sites for hydroxylation is 1. The molecule has 1 amide bonds. The average Bonchev–Trinajstić information content (AvgIpc) is 3.11. The van der Waals surface area contributed by atoms with Crippen molar-refractivity contribution in [3.8, 4) is 0 Å². The molecule has 146 valence electrons. The maximum atomic E-state index is 12.5. The lowest BCUT2D eigenvalue weighted by Gasteiger charge is -2.24. The van der Waals surface area contributed by atoms with Gasteiger partial charge in [0.2, 0.25) is 5.91 Å². The summed E-state index contributed by atoms with van der Waals surface area (Å²) in [5.41, 5.74) is 1.99. The number of rotatable bonds is 4. The molecule has 2 aliphatic rings. The molecule has 0 radical (unpaired) electrons. The smallest absolute Gasteiger partial charge is 0.248 e. The Morgan fingerprint density at radius 1 is 1.14 bits per heavy atom. The summed E-state index contributed by atoms with van der Waals surface area (Å²) in [4.78, 5) is 18.8. The highest BCUT2D eigenvalue weighted by Crippen LogP contribution is 2.41. The van der Waals surface area contributed by atoms with Crippen LogP contribution in [0.25, 0.3) is 0 Å². The molecule has 0 saturated carbocycles. The number of amides is 1. The zero-order chi connectivity index (χ0) is 19.7. The van der Waals surface area contributed by atoms with Crippen LogP contribution >= 0.6 is 34.4 Å². The minimum absolute atomic E-state index is 0.0801. The van der Waals surface area contributed by atoms with Crippen LogP contribution in [0, 0.1) is 3.57 Å². The fourth-order valence-corrected chi connectivity index (χ4v) is 8.01. The van der Waals surface area contributed by atoms with Gasteiger partial charge in [0.1, 0.15) is 0 Å². The topological polar surface area (TPSA) is 66.8 Å². The number of thioether (sulfide) groups is 1. The predicted octanol–water partition coefficient (Wildman–Crippen LogP) is 3.53. The summed E-state index contributed by atoms with van der Waals surface area (Å²) in [6, 6.07) is 17.6. The molecule has 5 nitrogen and oxygen atoms in total. The van der Waals surface area contributed by atoms with E-state index in [2.05, 4.69) is 27.6 Å². The fraction of sp³-hybridized carbons (Fsp3) is 0.300. The highest BCUT2D eigenvalue weighted by atomic mass is 127. The van der Waals surface area contributed by atoms with Gasteiger partial charge in [-0.2, -0.15) is 4.99 Å². The number of carbonyl (C=O) groups excluding carboxylic acids is 1. The standard InChI is InChI=1S/C20H19IN2O3S2/c21-15-7-4-8-16(11-15)23-17-12-28(25,26)13-18(17)27-20(23)22-19(24)10-9-14-5-2-1-3-6-14/h1-8,11,17-18H,9-10,12-13H2/t17-,18-/m1/s1. The maximum absolute atomic E-state index is 12.5. The van der Waals surface area contributed by atoms with Gasteiger partial charge in [-0.05, 0) is 52.8 Å². The lowest BCUT2D eigenvalue weighted by molar-refractivity contribution is -0.117. The zero-order valence-corrected chi connectivity index (χ0v) is 18.8. The van der Waals surface area contributed by atoms with Gasteiger partial charge in [-0.25, -0.2) is 8.42 Å². The summed E-state index contributed by atoms with van der Waals surface area (Å²) in [6.07, 6.45) is 0.980. The molecule has 2 atom stereocenters. The second-order valence-electron chi connectivity index (χ2n) is 6.92. The molecule has 2 heterocycles. The Morgan fingerprint density at radius 2 is 1.93 bits per heavy atom. The van der Waals surface area contributed by atoms with E-state index in [0.29, 0.717) is 18.0 Å².